The molecule has 0 atom stereocenters. The number of hydrogen-bond acceptors (Lipinski definition) is 5. The average molecular weight is 356 g/mol. The molecule has 1 amide bonds. The van der Waals surface area contributed by atoms with Gasteiger partial charge in [-0.3, -0.25) is 4.79 Å². The van der Waals surface area contributed by atoms with Crippen LogP contribution < -0.4 is 10.5 Å². The Morgan fingerprint density at radius 3 is 2.54 bits per heavy atom. The molecule has 0 unspecified atom stereocenters. The predicted octanol–water partition coefficient (Wildman–Crippen LogP) is 3.55. The number of aryl methyl sites for hydroxylation is 1. The second kappa shape index (κ2) is 8.65. The summed E-state index contributed by atoms with van der Waals surface area (Å²) in [6.45, 7) is 11.8. The number of carbonyl (C=O) groups excluding carboxylic acids is 1. The Bertz CT molecular complexity index is 770. The standard InChI is InChI=1S/C20H28N4O2/c1-6-24(7-2)19(25)17-14(5)22-20(21)23-18(17)15-9-8-10-16(11-15)26-12-13(3)4/h8-11,13H,6-7,12H2,1-5H3,(H2,21,22,23). The van der Waals surface area contributed by atoms with E-state index in [-0.39, 0.29) is 11.9 Å². The van der Waals surface area contributed by atoms with Crippen molar-refractivity contribution in [1.29, 1.82) is 0 Å². The third-order valence-electron chi connectivity index (χ3n) is 4.06. The maximum Gasteiger partial charge on any atom is 0.257 e. The Labute approximate surface area is 155 Å². The lowest BCUT2D eigenvalue weighted by atomic mass is 10.0. The highest BCUT2D eigenvalue weighted by molar-refractivity contribution is 6.01. The minimum Gasteiger partial charge on any atom is -0.493 e. The Hall–Kier alpha value is -2.63. The van der Waals surface area contributed by atoms with E-state index in [1.165, 1.54) is 0 Å². The van der Waals surface area contributed by atoms with E-state index in [2.05, 4.69) is 23.8 Å². The van der Waals surface area contributed by atoms with Crippen LogP contribution in [0.2, 0.25) is 0 Å². The molecule has 0 radical (unpaired) electrons. The Morgan fingerprint density at radius 2 is 1.92 bits per heavy atom. The largest absolute Gasteiger partial charge is 0.493 e. The number of hydrogen-bond donors (Lipinski definition) is 1. The van der Waals surface area contributed by atoms with Crippen LogP contribution in [-0.4, -0.2) is 40.5 Å². The number of nitrogens with two attached hydrogens (primary N) is 1. The van der Waals surface area contributed by atoms with Crippen LogP contribution in [0, 0.1) is 12.8 Å². The first-order chi connectivity index (χ1) is 12.4. The van der Waals surface area contributed by atoms with Gasteiger partial charge in [0.05, 0.1) is 23.6 Å². The van der Waals surface area contributed by atoms with Gasteiger partial charge in [-0.05, 0) is 38.8 Å². The number of aromatic nitrogens is 2. The van der Waals surface area contributed by atoms with Gasteiger partial charge in [0.2, 0.25) is 5.95 Å². The van der Waals surface area contributed by atoms with Gasteiger partial charge in [0.25, 0.3) is 5.91 Å². The van der Waals surface area contributed by atoms with Gasteiger partial charge in [0.15, 0.2) is 0 Å². The zero-order valence-corrected chi connectivity index (χ0v) is 16.2. The fourth-order valence-corrected chi connectivity index (χ4v) is 2.72. The minimum absolute atomic E-state index is 0.0870. The number of carbonyl (C=O) groups is 1. The fourth-order valence-electron chi connectivity index (χ4n) is 2.72. The Morgan fingerprint density at radius 1 is 1.23 bits per heavy atom. The zero-order chi connectivity index (χ0) is 19.3. The Balaban J connectivity index is 2.52. The SMILES string of the molecule is CCN(CC)C(=O)c1c(C)nc(N)nc1-c1cccc(OCC(C)C)c1. The second-order valence-electron chi connectivity index (χ2n) is 6.60. The molecule has 2 N–H and O–H groups in total. The van der Waals surface area contributed by atoms with Gasteiger partial charge in [-0.1, -0.05) is 26.0 Å². The van der Waals surface area contributed by atoms with Gasteiger partial charge < -0.3 is 15.4 Å². The first-order valence-electron chi connectivity index (χ1n) is 9.03. The highest BCUT2D eigenvalue weighted by Crippen LogP contribution is 2.28. The van der Waals surface area contributed by atoms with Gasteiger partial charge in [-0.2, -0.15) is 0 Å². The van der Waals surface area contributed by atoms with E-state index in [9.17, 15) is 4.79 Å². The van der Waals surface area contributed by atoms with Gasteiger partial charge in [-0.25, -0.2) is 9.97 Å². The summed E-state index contributed by atoms with van der Waals surface area (Å²) < 4.78 is 5.81. The summed E-state index contributed by atoms with van der Waals surface area (Å²) >= 11 is 0. The molecule has 0 aliphatic rings. The average Bonchev–Trinajstić information content (AvgIpc) is 2.60. The molecule has 1 heterocycles. The molecule has 0 fully saturated rings. The highest BCUT2D eigenvalue weighted by Gasteiger charge is 2.23. The predicted molar refractivity (Wildman–Crippen MR) is 104 cm³/mol. The summed E-state index contributed by atoms with van der Waals surface area (Å²) in [5.74, 6) is 1.24. The monoisotopic (exact) mass is 356 g/mol. The first-order valence-corrected chi connectivity index (χ1v) is 9.03. The van der Waals surface area contributed by atoms with E-state index in [0.717, 1.165) is 11.3 Å². The number of rotatable bonds is 7. The molecule has 6 nitrogen and oxygen atoms in total. The van der Waals surface area contributed by atoms with Crippen molar-refractivity contribution < 1.29 is 9.53 Å². The first kappa shape index (κ1) is 19.7. The smallest absolute Gasteiger partial charge is 0.257 e. The van der Waals surface area contributed by atoms with Crippen molar-refractivity contribution in [3.8, 4) is 17.0 Å². The molecule has 0 saturated carbocycles. The number of nitrogen functional groups attached to an aromatic ring is 1. The van der Waals surface area contributed by atoms with Crippen LogP contribution >= 0.6 is 0 Å². The van der Waals surface area contributed by atoms with Crippen molar-refractivity contribution in [2.45, 2.75) is 34.6 Å². The van der Waals surface area contributed by atoms with E-state index in [1.54, 1.807) is 11.8 Å². The van der Waals surface area contributed by atoms with Gasteiger partial charge in [0.1, 0.15) is 5.75 Å². The zero-order valence-electron chi connectivity index (χ0n) is 16.2. The normalized spacial score (nSPS) is 10.8. The maximum absolute atomic E-state index is 13.0. The molecule has 2 rings (SSSR count). The highest BCUT2D eigenvalue weighted by atomic mass is 16.5. The molecule has 0 spiro atoms. The van der Waals surface area contributed by atoms with Crippen LogP contribution in [0.25, 0.3) is 11.3 Å². The van der Waals surface area contributed by atoms with Crippen molar-refractivity contribution in [2.75, 3.05) is 25.4 Å². The molecule has 6 heteroatoms. The number of amides is 1. The van der Waals surface area contributed by atoms with Crippen molar-refractivity contribution in [3.63, 3.8) is 0 Å². The lowest BCUT2D eigenvalue weighted by Gasteiger charge is -2.21. The molecule has 1 aromatic heterocycles. The summed E-state index contributed by atoms with van der Waals surface area (Å²) in [4.78, 5) is 23.3. The van der Waals surface area contributed by atoms with Gasteiger partial charge >= 0.3 is 0 Å². The molecular formula is C20H28N4O2. The molecule has 26 heavy (non-hydrogen) atoms. The minimum atomic E-state index is -0.0870. The number of nitrogens with zero attached hydrogens (tertiary/aromatic N) is 3. The van der Waals surface area contributed by atoms with Crippen LogP contribution in [0.15, 0.2) is 24.3 Å². The van der Waals surface area contributed by atoms with Crippen molar-refractivity contribution in [2.24, 2.45) is 5.92 Å². The quantitative estimate of drug-likeness (QED) is 0.820. The lowest BCUT2D eigenvalue weighted by molar-refractivity contribution is 0.0772. The third-order valence-corrected chi connectivity index (χ3v) is 4.06. The van der Waals surface area contributed by atoms with E-state index in [4.69, 9.17) is 10.5 Å². The van der Waals surface area contributed by atoms with E-state index in [1.807, 2.05) is 38.1 Å². The van der Waals surface area contributed by atoms with Crippen molar-refractivity contribution >= 4 is 11.9 Å². The molecule has 140 valence electrons. The molecule has 1 aromatic carbocycles. The number of anilines is 1. The van der Waals surface area contributed by atoms with Crippen LogP contribution in [0.4, 0.5) is 5.95 Å². The summed E-state index contributed by atoms with van der Waals surface area (Å²) in [6, 6.07) is 7.59. The van der Waals surface area contributed by atoms with Crippen LogP contribution in [-0.2, 0) is 0 Å². The summed E-state index contributed by atoms with van der Waals surface area (Å²) in [7, 11) is 0. The topological polar surface area (TPSA) is 81.3 Å². The summed E-state index contributed by atoms with van der Waals surface area (Å²) in [5.41, 5.74) is 8.27. The molecule has 0 aliphatic carbocycles. The van der Waals surface area contributed by atoms with E-state index >= 15 is 0 Å². The summed E-state index contributed by atoms with van der Waals surface area (Å²) in [5, 5.41) is 0. The molecule has 2 aromatic rings. The molecule has 0 aliphatic heterocycles. The molecule has 0 saturated heterocycles. The van der Waals surface area contributed by atoms with Crippen molar-refractivity contribution in [1.82, 2.24) is 14.9 Å². The second-order valence-corrected chi connectivity index (χ2v) is 6.60. The fraction of sp³-hybridized carbons (Fsp3) is 0.450. The van der Waals surface area contributed by atoms with Crippen LogP contribution in [0.5, 0.6) is 5.75 Å². The van der Waals surface area contributed by atoms with Crippen LogP contribution in [0.1, 0.15) is 43.7 Å². The van der Waals surface area contributed by atoms with Gasteiger partial charge in [0, 0.05) is 18.7 Å². The molecular weight excluding hydrogens is 328 g/mol. The van der Waals surface area contributed by atoms with Gasteiger partial charge in [-0.15, -0.1) is 0 Å². The maximum atomic E-state index is 13.0. The third kappa shape index (κ3) is 4.50. The van der Waals surface area contributed by atoms with E-state index in [0.29, 0.717) is 42.6 Å². The van der Waals surface area contributed by atoms with Crippen molar-refractivity contribution in [3.05, 3.63) is 35.5 Å². The summed E-state index contributed by atoms with van der Waals surface area (Å²) in [6.07, 6.45) is 0. The lowest BCUT2D eigenvalue weighted by Crippen LogP contribution is -2.32. The van der Waals surface area contributed by atoms with E-state index < -0.39 is 0 Å². The Kier molecular flexibility index (Phi) is 6.55. The molecule has 0 bridgehead atoms. The number of ether oxygens (including phenoxy) is 1. The number of benzene rings is 1. The van der Waals surface area contributed by atoms with Crippen LogP contribution in [0.3, 0.4) is 0 Å².